The second-order valence-corrected chi connectivity index (χ2v) is 9.23. The molecule has 10 heteroatoms. The lowest BCUT2D eigenvalue weighted by atomic mass is 10.1. The normalized spacial score (nSPS) is 13.3. The summed E-state index contributed by atoms with van der Waals surface area (Å²) in [4.78, 5) is 37.4. The zero-order chi connectivity index (χ0) is 25.2. The lowest BCUT2D eigenvalue weighted by Crippen LogP contribution is -2.21. The van der Waals surface area contributed by atoms with Crippen LogP contribution >= 0.6 is 11.6 Å². The fourth-order valence-electron chi connectivity index (χ4n) is 4.51. The van der Waals surface area contributed by atoms with E-state index in [1.165, 1.54) is 0 Å². The molecular formula is C27H23ClN8O. The molecule has 2 aromatic carbocycles. The Morgan fingerprint density at radius 3 is 2.51 bits per heavy atom. The standard InChI is InChI=1S/C27H23ClN8O/c28-22-15-17(20-5-1-2-6-21(20)33-22)16-23(37)31-18-7-9-19(10-8-18)32-26-24-25(30-12-11-29-24)34-27(35-26)36-13-3-4-14-36/h1-2,5-12,15H,3-4,13-14,16H2,(H,31,37)(H,30,32,34,35). The molecular weight excluding hydrogens is 488 g/mol. The minimum Gasteiger partial charge on any atom is -0.341 e. The van der Waals surface area contributed by atoms with Gasteiger partial charge in [-0.05, 0) is 54.8 Å². The smallest absolute Gasteiger partial charge is 0.229 e. The van der Waals surface area contributed by atoms with Crippen molar-refractivity contribution in [2.45, 2.75) is 19.3 Å². The monoisotopic (exact) mass is 510 g/mol. The van der Waals surface area contributed by atoms with Crippen LogP contribution in [0.5, 0.6) is 0 Å². The van der Waals surface area contributed by atoms with Crippen molar-refractivity contribution in [3.8, 4) is 0 Å². The van der Waals surface area contributed by atoms with Crippen molar-refractivity contribution in [1.29, 1.82) is 0 Å². The summed E-state index contributed by atoms with van der Waals surface area (Å²) in [5, 5.41) is 7.58. The first-order valence-corrected chi connectivity index (χ1v) is 12.4. The predicted molar refractivity (Wildman–Crippen MR) is 145 cm³/mol. The summed E-state index contributed by atoms with van der Waals surface area (Å²) < 4.78 is 0. The molecule has 3 aromatic heterocycles. The van der Waals surface area contributed by atoms with E-state index in [-0.39, 0.29) is 12.3 Å². The number of aromatic nitrogens is 5. The number of pyridine rings is 1. The van der Waals surface area contributed by atoms with Crippen LogP contribution in [0.25, 0.3) is 22.1 Å². The van der Waals surface area contributed by atoms with Gasteiger partial charge in [-0.25, -0.2) is 15.0 Å². The molecule has 0 atom stereocenters. The third kappa shape index (κ3) is 4.99. The van der Waals surface area contributed by atoms with Gasteiger partial charge in [-0.3, -0.25) is 4.79 Å². The van der Waals surface area contributed by atoms with Crippen molar-refractivity contribution in [3.63, 3.8) is 0 Å². The zero-order valence-corrected chi connectivity index (χ0v) is 20.6. The van der Waals surface area contributed by atoms with Gasteiger partial charge in [0.25, 0.3) is 0 Å². The highest BCUT2D eigenvalue weighted by atomic mass is 35.5. The van der Waals surface area contributed by atoms with E-state index in [1.54, 1.807) is 18.5 Å². The summed E-state index contributed by atoms with van der Waals surface area (Å²) in [7, 11) is 0. The molecule has 0 spiro atoms. The molecule has 2 N–H and O–H groups in total. The lowest BCUT2D eigenvalue weighted by molar-refractivity contribution is -0.115. The highest BCUT2D eigenvalue weighted by Crippen LogP contribution is 2.26. The van der Waals surface area contributed by atoms with Crippen molar-refractivity contribution in [2.75, 3.05) is 28.6 Å². The maximum absolute atomic E-state index is 12.8. The van der Waals surface area contributed by atoms with Crippen LogP contribution in [0.1, 0.15) is 18.4 Å². The molecule has 0 aliphatic carbocycles. The van der Waals surface area contributed by atoms with E-state index in [0.717, 1.165) is 48.1 Å². The highest BCUT2D eigenvalue weighted by Gasteiger charge is 2.18. The number of benzene rings is 2. The number of para-hydroxylation sites is 1. The minimum atomic E-state index is -0.138. The average molecular weight is 511 g/mol. The Balaban J connectivity index is 1.18. The van der Waals surface area contributed by atoms with E-state index in [9.17, 15) is 4.79 Å². The summed E-state index contributed by atoms with van der Waals surface area (Å²) in [5.41, 5.74) is 4.24. The molecule has 6 rings (SSSR count). The van der Waals surface area contributed by atoms with Crippen molar-refractivity contribution >= 4 is 62.7 Å². The summed E-state index contributed by atoms with van der Waals surface area (Å²) in [6.45, 7) is 1.86. The molecule has 0 bridgehead atoms. The number of nitrogens with zero attached hydrogens (tertiary/aromatic N) is 6. The van der Waals surface area contributed by atoms with Gasteiger partial charge < -0.3 is 15.5 Å². The predicted octanol–water partition coefficient (Wildman–Crippen LogP) is 5.15. The number of amides is 1. The van der Waals surface area contributed by atoms with E-state index >= 15 is 0 Å². The summed E-state index contributed by atoms with van der Waals surface area (Å²) >= 11 is 6.16. The first-order valence-electron chi connectivity index (χ1n) is 12.1. The SMILES string of the molecule is O=C(Cc1cc(Cl)nc2ccccc12)Nc1ccc(Nc2nc(N3CCCC3)nc3nccnc23)cc1. The van der Waals surface area contributed by atoms with E-state index in [2.05, 4.69) is 35.5 Å². The van der Waals surface area contributed by atoms with E-state index in [4.69, 9.17) is 16.6 Å². The number of anilines is 4. The molecule has 1 fully saturated rings. The third-order valence-corrected chi connectivity index (χ3v) is 6.46. The first kappa shape index (κ1) is 23.1. The minimum absolute atomic E-state index is 0.138. The molecule has 184 valence electrons. The fraction of sp³-hybridized carbons (Fsp3) is 0.185. The van der Waals surface area contributed by atoms with Crippen LogP contribution in [-0.2, 0) is 11.2 Å². The highest BCUT2D eigenvalue weighted by molar-refractivity contribution is 6.30. The molecule has 1 amide bonds. The molecule has 1 aliphatic rings. The summed E-state index contributed by atoms with van der Waals surface area (Å²) in [6.07, 6.45) is 5.70. The Hall–Kier alpha value is -4.37. The lowest BCUT2D eigenvalue weighted by Gasteiger charge is -2.17. The fourth-order valence-corrected chi connectivity index (χ4v) is 4.73. The number of carbonyl (C=O) groups excluding carboxylic acids is 1. The van der Waals surface area contributed by atoms with Gasteiger partial charge in [0.1, 0.15) is 5.15 Å². The van der Waals surface area contributed by atoms with Gasteiger partial charge in [-0.15, -0.1) is 0 Å². The van der Waals surface area contributed by atoms with Gasteiger partial charge in [-0.1, -0.05) is 29.8 Å². The Morgan fingerprint density at radius 2 is 1.68 bits per heavy atom. The number of halogens is 1. The van der Waals surface area contributed by atoms with Crippen LogP contribution in [0.15, 0.2) is 67.0 Å². The van der Waals surface area contributed by atoms with Gasteiger partial charge in [0.2, 0.25) is 11.9 Å². The summed E-state index contributed by atoms with van der Waals surface area (Å²) in [6, 6.07) is 16.8. The Kier molecular flexibility index (Phi) is 6.20. The van der Waals surface area contributed by atoms with Crippen LogP contribution in [0.2, 0.25) is 5.15 Å². The Bertz CT molecular complexity index is 1600. The number of rotatable bonds is 6. The van der Waals surface area contributed by atoms with Crippen LogP contribution in [-0.4, -0.2) is 43.9 Å². The molecule has 1 saturated heterocycles. The molecule has 0 unspecified atom stereocenters. The molecule has 0 saturated carbocycles. The van der Waals surface area contributed by atoms with Crippen LogP contribution in [0, 0.1) is 0 Å². The van der Waals surface area contributed by atoms with E-state index in [0.29, 0.717) is 33.8 Å². The largest absolute Gasteiger partial charge is 0.341 e. The van der Waals surface area contributed by atoms with Gasteiger partial charge in [-0.2, -0.15) is 9.97 Å². The van der Waals surface area contributed by atoms with Gasteiger partial charge >= 0.3 is 0 Å². The van der Waals surface area contributed by atoms with Crippen molar-refractivity contribution in [2.24, 2.45) is 0 Å². The van der Waals surface area contributed by atoms with Crippen molar-refractivity contribution < 1.29 is 4.79 Å². The number of nitrogens with one attached hydrogen (secondary N) is 2. The van der Waals surface area contributed by atoms with Crippen LogP contribution in [0.4, 0.5) is 23.1 Å². The van der Waals surface area contributed by atoms with E-state index < -0.39 is 0 Å². The molecule has 4 heterocycles. The van der Waals surface area contributed by atoms with Gasteiger partial charge in [0, 0.05) is 42.2 Å². The van der Waals surface area contributed by atoms with Crippen LogP contribution in [0.3, 0.4) is 0 Å². The molecule has 0 radical (unpaired) electrons. The maximum Gasteiger partial charge on any atom is 0.229 e. The van der Waals surface area contributed by atoms with Crippen LogP contribution < -0.4 is 15.5 Å². The maximum atomic E-state index is 12.8. The zero-order valence-electron chi connectivity index (χ0n) is 19.9. The number of hydrogen-bond acceptors (Lipinski definition) is 8. The Labute approximate surface area is 218 Å². The summed E-state index contributed by atoms with van der Waals surface area (Å²) in [5.74, 6) is 1.11. The second kappa shape index (κ2) is 9.94. The quantitative estimate of drug-likeness (QED) is 0.302. The van der Waals surface area contributed by atoms with Gasteiger partial charge in [0.15, 0.2) is 17.0 Å². The third-order valence-electron chi connectivity index (χ3n) is 6.26. The van der Waals surface area contributed by atoms with E-state index in [1.807, 2.05) is 48.5 Å². The van der Waals surface area contributed by atoms with Crippen molar-refractivity contribution in [3.05, 3.63) is 77.7 Å². The van der Waals surface area contributed by atoms with Crippen molar-refractivity contribution in [1.82, 2.24) is 24.9 Å². The average Bonchev–Trinajstić information content (AvgIpc) is 3.45. The first-order chi connectivity index (χ1) is 18.1. The molecule has 1 aliphatic heterocycles. The number of carbonyl (C=O) groups is 1. The molecule has 9 nitrogen and oxygen atoms in total. The number of fused-ring (bicyclic) bond motifs is 2. The molecule has 37 heavy (non-hydrogen) atoms. The van der Waals surface area contributed by atoms with Gasteiger partial charge in [0.05, 0.1) is 11.9 Å². The molecule has 5 aromatic rings. The second-order valence-electron chi connectivity index (χ2n) is 8.84. The topological polar surface area (TPSA) is 109 Å². The number of hydrogen-bond donors (Lipinski definition) is 2. The Morgan fingerprint density at radius 1 is 0.919 bits per heavy atom.